The van der Waals surface area contributed by atoms with Gasteiger partial charge in [-0.3, -0.25) is 0 Å². The van der Waals surface area contributed by atoms with E-state index in [1.54, 1.807) is 6.07 Å². The third-order valence-corrected chi connectivity index (χ3v) is 3.50. The first-order valence-electron chi connectivity index (χ1n) is 5.52. The second-order valence-corrected chi connectivity index (χ2v) is 4.99. The number of halogens is 1. The Morgan fingerprint density at radius 2 is 2.13 bits per heavy atom. The Balaban J connectivity index is 2.40. The van der Waals surface area contributed by atoms with E-state index in [4.69, 9.17) is 0 Å². The van der Waals surface area contributed by atoms with E-state index in [-0.39, 0.29) is 11.4 Å². The molecule has 1 aromatic carbocycles. The summed E-state index contributed by atoms with van der Waals surface area (Å²) in [6.07, 6.45) is 1.09. The fourth-order valence-corrected chi connectivity index (χ4v) is 2.55. The van der Waals surface area contributed by atoms with Crippen LogP contribution in [0, 0.1) is 12.7 Å². The first-order chi connectivity index (χ1) is 7.00. The summed E-state index contributed by atoms with van der Waals surface area (Å²) in [5.74, 6) is 0.298. The van der Waals surface area contributed by atoms with Gasteiger partial charge in [-0.25, -0.2) is 4.39 Å². The predicted molar refractivity (Wildman–Crippen MR) is 60.6 cm³/mol. The lowest BCUT2D eigenvalue weighted by Gasteiger charge is -2.28. The summed E-state index contributed by atoms with van der Waals surface area (Å²) in [5, 5.41) is 3.47. The first-order valence-corrected chi connectivity index (χ1v) is 5.52. The zero-order valence-electron chi connectivity index (χ0n) is 9.60. The molecule has 0 saturated carbocycles. The summed E-state index contributed by atoms with van der Waals surface area (Å²) < 4.78 is 13.2. The maximum Gasteiger partial charge on any atom is 0.123 e. The molecule has 0 aliphatic carbocycles. The molecule has 1 nitrogen and oxygen atoms in total. The normalized spacial score (nSPS) is 24.4. The highest BCUT2D eigenvalue weighted by atomic mass is 19.1. The first kappa shape index (κ1) is 10.6. The van der Waals surface area contributed by atoms with Crippen LogP contribution in [-0.4, -0.2) is 12.1 Å². The van der Waals surface area contributed by atoms with Crippen molar-refractivity contribution in [2.75, 3.05) is 6.54 Å². The van der Waals surface area contributed by atoms with Crippen molar-refractivity contribution in [2.24, 2.45) is 0 Å². The van der Waals surface area contributed by atoms with Crippen molar-refractivity contribution in [3.05, 3.63) is 35.1 Å². The van der Waals surface area contributed by atoms with Crippen LogP contribution >= 0.6 is 0 Å². The minimum Gasteiger partial charge on any atom is -0.311 e. The summed E-state index contributed by atoms with van der Waals surface area (Å²) in [4.78, 5) is 0. The highest BCUT2D eigenvalue weighted by Crippen LogP contribution is 2.37. The van der Waals surface area contributed by atoms with Gasteiger partial charge in [0.1, 0.15) is 5.82 Å². The van der Waals surface area contributed by atoms with Gasteiger partial charge in [0.15, 0.2) is 0 Å². The molecule has 1 unspecified atom stereocenters. The second-order valence-electron chi connectivity index (χ2n) is 4.99. The highest BCUT2D eigenvalue weighted by molar-refractivity contribution is 5.33. The van der Waals surface area contributed by atoms with Gasteiger partial charge in [-0.2, -0.15) is 0 Å². The minimum absolute atomic E-state index is 0.0819. The topological polar surface area (TPSA) is 12.0 Å². The summed E-state index contributed by atoms with van der Waals surface area (Å²) >= 11 is 0. The molecule has 2 rings (SSSR count). The number of aryl methyl sites for hydroxylation is 1. The van der Waals surface area contributed by atoms with Crippen molar-refractivity contribution in [1.29, 1.82) is 0 Å². The van der Waals surface area contributed by atoms with E-state index in [0.29, 0.717) is 5.92 Å². The Hall–Kier alpha value is -0.890. The molecule has 82 valence electrons. The Labute approximate surface area is 90.7 Å². The molecule has 1 fully saturated rings. The van der Waals surface area contributed by atoms with Gasteiger partial charge >= 0.3 is 0 Å². The van der Waals surface area contributed by atoms with Crippen LogP contribution in [0.15, 0.2) is 18.2 Å². The number of hydrogen-bond acceptors (Lipinski definition) is 1. The Morgan fingerprint density at radius 3 is 2.73 bits per heavy atom. The average Bonchev–Trinajstić information content (AvgIpc) is 2.50. The lowest BCUT2D eigenvalue weighted by Crippen LogP contribution is -2.37. The molecular formula is C13H18FN. The molecule has 1 saturated heterocycles. The number of rotatable bonds is 1. The highest BCUT2D eigenvalue weighted by Gasteiger charge is 2.35. The summed E-state index contributed by atoms with van der Waals surface area (Å²) in [6.45, 7) is 7.46. The largest absolute Gasteiger partial charge is 0.311 e. The second kappa shape index (κ2) is 3.60. The fraction of sp³-hybridized carbons (Fsp3) is 0.538. The van der Waals surface area contributed by atoms with Crippen molar-refractivity contribution in [2.45, 2.75) is 38.6 Å². The summed E-state index contributed by atoms with van der Waals surface area (Å²) in [7, 11) is 0. The number of benzene rings is 1. The number of nitrogens with one attached hydrogen (secondary N) is 1. The van der Waals surface area contributed by atoms with Crippen molar-refractivity contribution in [1.82, 2.24) is 5.32 Å². The molecule has 0 amide bonds. The molecular weight excluding hydrogens is 189 g/mol. The zero-order valence-corrected chi connectivity index (χ0v) is 9.60. The van der Waals surface area contributed by atoms with E-state index in [1.165, 1.54) is 11.6 Å². The summed E-state index contributed by atoms with van der Waals surface area (Å²) in [6, 6.07) is 5.10. The monoisotopic (exact) mass is 207 g/mol. The van der Waals surface area contributed by atoms with Gasteiger partial charge in [-0.15, -0.1) is 0 Å². The molecule has 0 aromatic heterocycles. The van der Waals surface area contributed by atoms with Crippen LogP contribution in [0.4, 0.5) is 4.39 Å². The Bertz CT molecular complexity index is 371. The van der Waals surface area contributed by atoms with Crippen molar-refractivity contribution in [3.8, 4) is 0 Å². The quantitative estimate of drug-likeness (QED) is 0.746. The average molecular weight is 207 g/mol. The van der Waals surface area contributed by atoms with Gasteiger partial charge < -0.3 is 5.32 Å². The molecule has 1 heterocycles. The molecule has 1 aromatic rings. The molecule has 1 aliphatic heterocycles. The lowest BCUT2D eigenvalue weighted by molar-refractivity contribution is 0.409. The summed E-state index contributed by atoms with van der Waals surface area (Å²) in [5.41, 5.74) is 2.43. The van der Waals surface area contributed by atoms with Crippen LogP contribution in [0.2, 0.25) is 0 Å². The van der Waals surface area contributed by atoms with Crippen LogP contribution < -0.4 is 5.32 Å². The molecule has 1 atom stereocenters. The van der Waals surface area contributed by atoms with Gasteiger partial charge in [-0.1, -0.05) is 6.07 Å². The molecule has 1 N–H and O–H groups in total. The van der Waals surface area contributed by atoms with Crippen LogP contribution in [0.1, 0.15) is 37.3 Å². The standard InChI is InChI=1S/C13H18FN/c1-9-4-5-10(14)8-11(9)12-6-7-15-13(12,2)3/h4-5,8,12,15H,6-7H2,1-3H3. The van der Waals surface area contributed by atoms with Crippen molar-refractivity contribution < 1.29 is 4.39 Å². The Kier molecular flexibility index (Phi) is 2.55. The molecule has 1 aliphatic rings. The maximum atomic E-state index is 13.2. The molecule has 2 heteroatoms. The fourth-order valence-electron chi connectivity index (χ4n) is 2.55. The smallest absolute Gasteiger partial charge is 0.123 e. The van der Waals surface area contributed by atoms with E-state index in [9.17, 15) is 4.39 Å². The molecule has 15 heavy (non-hydrogen) atoms. The molecule has 0 radical (unpaired) electrons. The predicted octanol–water partition coefficient (Wildman–Crippen LogP) is 2.99. The third-order valence-electron chi connectivity index (χ3n) is 3.50. The lowest BCUT2D eigenvalue weighted by atomic mass is 9.81. The van der Waals surface area contributed by atoms with E-state index in [1.807, 2.05) is 6.07 Å². The van der Waals surface area contributed by atoms with Crippen LogP contribution in [0.5, 0.6) is 0 Å². The molecule has 0 spiro atoms. The number of hydrogen-bond donors (Lipinski definition) is 1. The van der Waals surface area contributed by atoms with Gasteiger partial charge in [0, 0.05) is 11.5 Å². The van der Waals surface area contributed by atoms with Crippen LogP contribution in [-0.2, 0) is 0 Å². The van der Waals surface area contributed by atoms with E-state index in [0.717, 1.165) is 18.5 Å². The maximum absolute atomic E-state index is 13.2. The van der Waals surface area contributed by atoms with Crippen molar-refractivity contribution in [3.63, 3.8) is 0 Å². The van der Waals surface area contributed by atoms with Gasteiger partial charge in [-0.05, 0) is 57.0 Å². The van der Waals surface area contributed by atoms with Crippen LogP contribution in [0.3, 0.4) is 0 Å². The van der Waals surface area contributed by atoms with Gasteiger partial charge in [0.05, 0.1) is 0 Å². The van der Waals surface area contributed by atoms with Crippen molar-refractivity contribution >= 4 is 0 Å². The van der Waals surface area contributed by atoms with Gasteiger partial charge in [0.25, 0.3) is 0 Å². The van der Waals surface area contributed by atoms with Crippen LogP contribution in [0.25, 0.3) is 0 Å². The van der Waals surface area contributed by atoms with E-state index in [2.05, 4.69) is 26.1 Å². The Morgan fingerprint density at radius 1 is 1.40 bits per heavy atom. The third kappa shape index (κ3) is 1.91. The SMILES string of the molecule is Cc1ccc(F)cc1C1CCNC1(C)C. The van der Waals surface area contributed by atoms with E-state index >= 15 is 0 Å². The van der Waals surface area contributed by atoms with Gasteiger partial charge in [0.2, 0.25) is 0 Å². The minimum atomic E-state index is -0.127. The van der Waals surface area contributed by atoms with E-state index < -0.39 is 0 Å². The zero-order chi connectivity index (χ0) is 11.1. The molecule has 0 bridgehead atoms.